The molecule has 0 saturated carbocycles. The Labute approximate surface area is 151 Å². The molecule has 0 saturated heterocycles. The summed E-state index contributed by atoms with van der Waals surface area (Å²) >= 11 is 0. The molecule has 0 aliphatic carbocycles. The second-order valence-corrected chi connectivity index (χ2v) is 5.85. The maximum absolute atomic E-state index is 12.6. The third-order valence-corrected chi connectivity index (χ3v) is 4.09. The molecule has 136 valence electrons. The molecule has 2 heterocycles. The molecule has 3 rings (SSSR count). The van der Waals surface area contributed by atoms with Gasteiger partial charge >= 0.3 is 0 Å². The van der Waals surface area contributed by atoms with Crippen LogP contribution >= 0.6 is 0 Å². The number of aromatic nitrogens is 6. The molecular formula is C17H21N7O2. The maximum Gasteiger partial charge on any atom is 0.255 e. The average molecular weight is 355 g/mol. The highest BCUT2D eigenvalue weighted by molar-refractivity contribution is 6.05. The number of rotatable bonds is 6. The predicted octanol–water partition coefficient (Wildman–Crippen LogP) is 1.87. The monoisotopic (exact) mass is 355 g/mol. The molecular weight excluding hydrogens is 334 g/mol. The van der Waals surface area contributed by atoms with Crippen LogP contribution < -0.4 is 10.1 Å². The summed E-state index contributed by atoms with van der Waals surface area (Å²) in [6.07, 6.45) is 0. The first-order chi connectivity index (χ1) is 12.5. The minimum atomic E-state index is -0.211. The first-order valence-corrected chi connectivity index (χ1v) is 8.29. The first kappa shape index (κ1) is 17.6. The zero-order valence-corrected chi connectivity index (χ0v) is 15.2. The number of benzene rings is 1. The number of nitrogens with zero attached hydrogens (tertiary/aromatic N) is 6. The highest BCUT2D eigenvalue weighted by Crippen LogP contribution is 2.21. The minimum Gasteiger partial charge on any atom is -0.486 e. The number of tetrazole rings is 1. The number of ether oxygens (including phenoxy) is 1. The van der Waals surface area contributed by atoms with Gasteiger partial charge in [-0.1, -0.05) is 6.07 Å². The van der Waals surface area contributed by atoms with Crippen molar-refractivity contribution >= 4 is 11.6 Å². The normalized spacial score (nSPS) is 10.8. The molecule has 3 aromatic rings. The van der Waals surface area contributed by atoms with E-state index in [1.54, 1.807) is 31.3 Å². The van der Waals surface area contributed by atoms with E-state index in [1.807, 2.05) is 25.5 Å². The van der Waals surface area contributed by atoms with Crippen LogP contribution in [0.25, 0.3) is 0 Å². The number of hydrogen-bond acceptors (Lipinski definition) is 6. The zero-order valence-electron chi connectivity index (χ0n) is 15.2. The molecule has 0 fully saturated rings. The van der Waals surface area contributed by atoms with Gasteiger partial charge in [-0.25, -0.2) is 4.68 Å². The summed E-state index contributed by atoms with van der Waals surface area (Å²) in [5.41, 5.74) is 2.97. The lowest BCUT2D eigenvalue weighted by Gasteiger charge is -2.09. The Morgan fingerprint density at radius 2 is 2.12 bits per heavy atom. The number of anilines is 1. The molecule has 0 radical (unpaired) electrons. The van der Waals surface area contributed by atoms with Gasteiger partial charge in [0.05, 0.1) is 17.1 Å². The van der Waals surface area contributed by atoms with E-state index in [2.05, 4.69) is 25.9 Å². The Balaban J connectivity index is 1.72. The third-order valence-electron chi connectivity index (χ3n) is 4.09. The van der Waals surface area contributed by atoms with Gasteiger partial charge in [0.2, 0.25) is 0 Å². The summed E-state index contributed by atoms with van der Waals surface area (Å²) in [5.74, 6) is 0.953. The van der Waals surface area contributed by atoms with Gasteiger partial charge in [0.15, 0.2) is 5.82 Å². The molecule has 0 aliphatic heterocycles. The summed E-state index contributed by atoms with van der Waals surface area (Å²) in [4.78, 5) is 12.6. The molecule has 0 unspecified atom stereocenters. The predicted molar refractivity (Wildman–Crippen MR) is 94.9 cm³/mol. The van der Waals surface area contributed by atoms with Gasteiger partial charge in [0.1, 0.15) is 12.4 Å². The number of amides is 1. The van der Waals surface area contributed by atoms with E-state index < -0.39 is 0 Å². The van der Waals surface area contributed by atoms with Crippen molar-refractivity contribution in [1.29, 1.82) is 0 Å². The van der Waals surface area contributed by atoms with E-state index in [4.69, 9.17) is 4.74 Å². The second kappa shape index (κ2) is 7.34. The molecule has 26 heavy (non-hydrogen) atoms. The highest BCUT2D eigenvalue weighted by atomic mass is 16.5. The SMILES string of the molecule is CCn1nc(C)c(NC(=O)c2cccc(OCc3nnnn3C)c2)c1C. The van der Waals surface area contributed by atoms with Crippen LogP contribution in [-0.4, -0.2) is 35.9 Å². The standard InChI is InChI=1S/C17H21N7O2/c1-5-24-12(3)16(11(2)20-24)18-17(25)13-7-6-8-14(9-13)26-10-15-19-21-22-23(15)4/h6-9H,5,10H2,1-4H3,(H,18,25). The number of aryl methyl sites for hydroxylation is 3. The van der Waals surface area contributed by atoms with Gasteiger partial charge in [0.25, 0.3) is 5.91 Å². The Hall–Kier alpha value is -3.23. The fourth-order valence-electron chi connectivity index (χ4n) is 2.62. The van der Waals surface area contributed by atoms with Crippen molar-refractivity contribution in [3.8, 4) is 5.75 Å². The number of nitrogens with one attached hydrogen (secondary N) is 1. The molecule has 1 aromatic carbocycles. The average Bonchev–Trinajstić information content (AvgIpc) is 3.17. The van der Waals surface area contributed by atoms with Crippen molar-refractivity contribution in [2.45, 2.75) is 33.9 Å². The topological polar surface area (TPSA) is 99.8 Å². The summed E-state index contributed by atoms with van der Waals surface area (Å²) in [7, 11) is 1.74. The highest BCUT2D eigenvalue weighted by Gasteiger charge is 2.15. The lowest BCUT2D eigenvalue weighted by Crippen LogP contribution is -2.13. The van der Waals surface area contributed by atoms with Crippen LogP contribution in [0.2, 0.25) is 0 Å². The summed E-state index contributed by atoms with van der Waals surface area (Å²) in [6, 6.07) is 6.98. The molecule has 2 aromatic heterocycles. The Kier molecular flexibility index (Phi) is 4.97. The van der Waals surface area contributed by atoms with Crippen LogP contribution in [0, 0.1) is 13.8 Å². The van der Waals surface area contributed by atoms with E-state index in [0.29, 0.717) is 17.1 Å². The fourth-order valence-corrected chi connectivity index (χ4v) is 2.62. The van der Waals surface area contributed by atoms with Gasteiger partial charge in [-0.3, -0.25) is 9.48 Å². The number of hydrogen-bond donors (Lipinski definition) is 1. The van der Waals surface area contributed by atoms with Crippen LogP contribution in [-0.2, 0) is 20.2 Å². The Morgan fingerprint density at radius 3 is 2.77 bits per heavy atom. The molecule has 0 atom stereocenters. The maximum atomic E-state index is 12.6. The lowest BCUT2D eigenvalue weighted by atomic mass is 10.2. The van der Waals surface area contributed by atoms with Crippen LogP contribution in [0.5, 0.6) is 5.75 Å². The van der Waals surface area contributed by atoms with Crippen molar-refractivity contribution < 1.29 is 9.53 Å². The van der Waals surface area contributed by atoms with Gasteiger partial charge in [0, 0.05) is 19.2 Å². The van der Waals surface area contributed by atoms with Crippen LogP contribution in [0.4, 0.5) is 5.69 Å². The van der Waals surface area contributed by atoms with Crippen molar-refractivity contribution in [2.24, 2.45) is 7.05 Å². The minimum absolute atomic E-state index is 0.211. The van der Waals surface area contributed by atoms with Crippen molar-refractivity contribution in [2.75, 3.05) is 5.32 Å². The van der Waals surface area contributed by atoms with Crippen LogP contribution in [0.15, 0.2) is 24.3 Å². The number of carbonyl (C=O) groups excluding carboxylic acids is 1. The summed E-state index contributed by atoms with van der Waals surface area (Å²) in [5, 5.41) is 18.5. The third kappa shape index (κ3) is 3.56. The quantitative estimate of drug-likeness (QED) is 0.725. The second-order valence-electron chi connectivity index (χ2n) is 5.85. The van der Waals surface area contributed by atoms with E-state index in [9.17, 15) is 4.79 Å². The van der Waals surface area contributed by atoms with Crippen molar-refractivity contribution in [3.63, 3.8) is 0 Å². The largest absolute Gasteiger partial charge is 0.486 e. The van der Waals surface area contributed by atoms with Gasteiger partial charge < -0.3 is 10.1 Å². The zero-order chi connectivity index (χ0) is 18.7. The van der Waals surface area contributed by atoms with Gasteiger partial charge in [-0.05, 0) is 49.4 Å². The first-order valence-electron chi connectivity index (χ1n) is 8.29. The molecule has 9 nitrogen and oxygen atoms in total. The molecule has 1 amide bonds. The summed E-state index contributed by atoms with van der Waals surface area (Å²) < 4.78 is 9.08. The molecule has 0 spiro atoms. The molecule has 1 N–H and O–H groups in total. The van der Waals surface area contributed by atoms with E-state index in [0.717, 1.165) is 23.6 Å². The van der Waals surface area contributed by atoms with Crippen molar-refractivity contribution in [1.82, 2.24) is 30.0 Å². The molecule has 9 heteroatoms. The van der Waals surface area contributed by atoms with E-state index in [1.165, 1.54) is 4.68 Å². The Bertz CT molecular complexity index is 929. The molecule has 0 aliphatic rings. The van der Waals surface area contributed by atoms with Gasteiger partial charge in [-0.2, -0.15) is 5.10 Å². The Morgan fingerprint density at radius 1 is 1.31 bits per heavy atom. The van der Waals surface area contributed by atoms with Crippen LogP contribution in [0.1, 0.15) is 34.5 Å². The van der Waals surface area contributed by atoms with Gasteiger partial charge in [-0.15, -0.1) is 5.10 Å². The van der Waals surface area contributed by atoms with Crippen LogP contribution in [0.3, 0.4) is 0 Å². The fraction of sp³-hybridized carbons (Fsp3) is 0.353. The van der Waals surface area contributed by atoms with E-state index in [-0.39, 0.29) is 12.5 Å². The molecule has 0 bridgehead atoms. The van der Waals surface area contributed by atoms with E-state index >= 15 is 0 Å². The summed E-state index contributed by atoms with van der Waals surface area (Å²) in [6.45, 7) is 6.80. The number of carbonyl (C=O) groups is 1. The van der Waals surface area contributed by atoms with Crippen molar-refractivity contribution in [3.05, 3.63) is 47.0 Å². The lowest BCUT2D eigenvalue weighted by molar-refractivity contribution is 0.102. The smallest absolute Gasteiger partial charge is 0.255 e.